The average molecular weight is 527 g/mol. The zero-order valence-corrected chi connectivity index (χ0v) is 20.0. The van der Waals surface area contributed by atoms with E-state index in [0.717, 1.165) is 0 Å². The molecule has 0 unspecified atom stereocenters. The number of carboxylic acids is 2. The quantitative estimate of drug-likeness (QED) is 0.179. The molecule has 0 radical (unpaired) electrons. The molecule has 200 valence electrons. The summed E-state index contributed by atoms with van der Waals surface area (Å²) in [5.74, 6) is -5.03. The lowest BCUT2D eigenvalue weighted by Crippen LogP contribution is -2.46. The van der Waals surface area contributed by atoms with Gasteiger partial charge in [-0.15, -0.1) is 0 Å². The maximum Gasteiger partial charge on any atom is 0.326 e. The summed E-state index contributed by atoms with van der Waals surface area (Å²) in [6.45, 7) is -0.432. The van der Waals surface area contributed by atoms with Crippen molar-refractivity contribution in [2.45, 2.75) is 25.3 Å². The molecule has 0 fully saturated rings. The van der Waals surface area contributed by atoms with Crippen LogP contribution in [0.2, 0.25) is 0 Å². The Kier molecular flexibility index (Phi) is 8.82. The minimum atomic E-state index is -1.65. The lowest BCUT2D eigenvalue weighted by atomic mass is 10.0. The number of para-hydroxylation sites is 1. The highest BCUT2D eigenvalue weighted by molar-refractivity contribution is 6.08. The van der Waals surface area contributed by atoms with E-state index in [1.54, 1.807) is 24.3 Å². The van der Waals surface area contributed by atoms with Gasteiger partial charge in [0.05, 0.1) is 36.5 Å². The minimum absolute atomic E-state index is 0.0276. The van der Waals surface area contributed by atoms with Crippen LogP contribution in [-0.4, -0.2) is 65.0 Å². The molecule has 0 aromatic heterocycles. The molecule has 0 saturated heterocycles. The van der Waals surface area contributed by atoms with E-state index in [-0.39, 0.29) is 29.6 Å². The molecule has 14 heteroatoms. The van der Waals surface area contributed by atoms with E-state index in [2.05, 4.69) is 15.6 Å². The second-order valence-electron chi connectivity index (χ2n) is 8.21. The van der Waals surface area contributed by atoms with Gasteiger partial charge in [0.25, 0.3) is 11.8 Å². The standard InChI is InChI=1S/C24H26N6O8/c25-24(26)28-13-6-7-14-12(9-13)3-2-8-38-20-15(4-1-5-16(20)30-22(14)35)21(34)27-11-18(31)29-17(23(36)37)10-19(32)33/h1,4-7,9,17H,2-3,8,10-11H2,(H,27,34)(H,29,31)(H,30,35)(H,32,33)(H,36,37)(H4,25,26,28)/t17-/m0/s1. The molecule has 1 aliphatic rings. The number of carboxylic acid groups (broad SMARTS) is 2. The number of hydrogen-bond acceptors (Lipinski definition) is 7. The van der Waals surface area contributed by atoms with Crippen LogP contribution in [0.5, 0.6) is 5.75 Å². The molecular weight excluding hydrogens is 500 g/mol. The van der Waals surface area contributed by atoms with Crippen molar-refractivity contribution in [3.05, 3.63) is 53.1 Å². The van der Waals surface area contributed by atoms with Gasteiger partial charge in [0.15, 0.2) is 11.7 Å². The van der Waals surface area contributed by atoms with Crippen molar-refractivity contribution in [1.82, 2.24) is 10.6 Å². The van der Waals surface area contributed by atoms with E-state index in [0.29, 0.717) is 29.7 Å². The molecule has 9 N–H and O–H groups in total. The maximum atomic E-state index is 13.1. The average Bonchev–Trinajstić information content (AvgIpc) is 2.84. The first kappa shape index (κ1) is 27.4. The van der Waals surface area contributed by atoms with Gasteiger partial charge in [0, 0.05) is 5.56 Å². The van der Waals surface area contributed by atoms with Crippen LogP contribution in [0.15, 0.2) is 41.4 Å². The minimum Gasteiger partial charge on any atom is -0.491 e. The molecule has 3 rings (SSSR count). The van der Waals surface area contributed by atoms with Gasteiger partial charge >= 0.3 is 11.9 Å². The van der Waals surface area contributed by atoms with Gasteiger partial charge in [0.2, 0.25) is 5.91 Å². The molecule has 0 aliphatic carbocycles. The lowest BCUT2D eigenvalue weighted by Gasteiger charge is -2.19. The van der Waals surface area contributed by atoms with Crippen molar-refractivity contribution in [2.24, 2.45) is 16.5 Å². The van der Waals surface area contributed by atoms with Crippen molar-refractivity contribution in [1.29, 1.82) is 0 Å². The fraction of sp³-hybridized carbons (Fsp3) is 0.250. The van der Waals surface area contributed by atoms with Crippen molar-refractivity contribution < 1.29 is 38.9 Å². The van der Waals surface area contributed by atoms with E-state index >= 15 is 0 Å². The number of guanidine groups is 1. The molecule has 0 bridgehead atoms. The summed E-state index contributed by atoms with van der Waals surface area (Å²) in [4.78, 5) is 63.9. The first-order chi connectivity index (χ1) is 18.0. The third-order valence-corrected chi connectivity index (χ3v) is 5.36. The second-order valence-corrected chi connectivity index (χ2v) is 8.21. The van der Waals surface area contributed by atoms with Crippen LogP contribution in [0, 0.1) is 0 Å². The van der Waals surface area contributed by atoms with E-state index in [9.17, 15) is 24.0 Å². The highest BCUT2D eigenvalue weighted by atomic mass is 16.5. The summed E-state index contributed by atoms with van der Waals surface area (Å²) >= 11 is 0. The number of carbonyl (C=O) groups excluding carboxylic acids is 3. The molecule has 38 heavy (non-hydrogen) atoms. The summed E-state index contributed by atoms with van der Waals surface area (Å²) in [6.07, 6.45) is 0.124. The van der Waals surface area contributed by atoms with Crippen molar-refractivity contribution in [3.63, 3.8) is 0 Å². The first-order valence-electron chi connectivity index (χ1n) is 11.4. The lowest BCUT2D eigenvalue weighted by molar-refractivity contribution is -0.147. The Labute approximate surface area is 216 Å². The number of nitrogens with two attached hydrogens (primary N) is 2. The number of nitrogens with zero attached hydrogens (tertiary/aromatic N) is 1. The number of benzene rings is 2. The number of ether oxygens (including phenoxy) is 1. The number of aryl methyl sites for hydroxylation is 1. The topological polar surface area (TPSA) is 236 Å². The molecule has 1 heterocycles. The first-order valence-corrected chi connectivity index (χ1v) is 11.4. The molecule has 0 spiro atoms. The smallest absolute Gasteiger partial charge is 0.326 e. The number of aliphatic carboxylic acids is 2. The van der Waals surface area contributed by atoms with Crippen molar-refractivity contribution in [3.8, 4) is 5.75 Å². The summed E-state index contributed by atoms with van der Waals surface area (Å²) in [5.41, 5.74) is 12.7. The van der Waals surface area contributed by atoms with Gasteiger partial charge in [-0.1, -0.05) is 6.07 Å². The molecule has 3 amide bonds. The molecule has 1 atom stereocenters. The summed E-state index contributed by atoms with van der Waals surface area (Å²) in [5, 5.41) is 24.9. The zero-order valence-electron chi connectivity index (χ0n) is 20.0. The van der Waals surface area contributed by atoms with E-state index in [4.69, 9.17) is 26.4 Å². The highest BCUT2D eigenvalue weighted by Crippen LogP contribution is 2.31. The number of hydrogen-bond donors (Lipinski definition) is 7. The second kappa shape index (κ2) is 12.2. The van der Waals surface area contributed by atoms with Gasteiger partial charge in [-0.25, -0.2) is 9.79 Å². The number of amides is 3. The molecular formula is C24H26N6O8. The van der Waals surface area contributed by atoms with Gasteiger partial charge in [-0.3, -0.25) is 19.2 Å². The molecule has 14 nitrogen and oxygen atoms in total. The van der Waals surface area contributed by atoms with Crippen molar-refractivity contribution >= 4 is 47.0 Å². The van der Waals surface area contributed by atoms with E-state index < -0.39 is 48.7 Å². The molecule has 2 aromatic rings. The Morgan fingerprint density at radius 3 is 2.58 bits per heavy atom. The van der Waals surface area contributed by atoms with Gasteiger partial charge in [-0.05, 0) is 48.7 Å². The Morgan fingerprint density at radius 2 is 1.89 bits per heavy atom. The van der Waals surface area contributed by atoms with Crippen LogP contribution in [0.1, 0.15) is 39.1 Å². The van der Waals surface area contributed by atoms with Crippen LogP contribution >= 0.6 is 0 Å². The number of carbonyl (C=O) groups is 5. The van der Waals surface area contributed by atoms with E-state index in [1.807, 2.05) is 5.32 Å². The van der Waals surface area contributed by atoms with Gasteiger partial charge < -0.3 is 42.4 Å². The van der Waals surface area contributed by atoms with Crippen LogP contribution in [0.4, 0.5) is 11.4 Å². The van der Waals surface area contributed by atoms with Gasteiger partial charge in [-0.2, -0.15) is 0 Å². The number of fused-ring (bicyclic) bond motifs is 2. The number of rotatable bonds is 8. The molecule has 0 saturated carbocycles. The Hall–Kier alpha value is -5.14. The van der Waals surface area contributed by atoms with Crippen LogP contribution in [-0.2, 0) is 20.8 Å². The molecule has 2 aromatic carbocycles. The monoisotopic (exact) mass is 526 g/mol. The zero-order chi connectivity index (χ0) is 27.8. The van der Waals surface area contributed by atoms with Crippen LogP contribution in [0.25, 0.3) is 0 Å². The van der Waals surface area contributed by atoms with Crippen LogP contribution < -0.4 is 32.2 Å². The number of nitrogens with one attached hydrogen (secondary N) is 3. The SMILES string of the molecule is NC(N)=Nc1ccc2c(c1)CCCOc1c(cccc1C(=O)NCC(=O)N[C@@H](CC(=O)O)C(=O)O)NC2=O. The summed E-state index contributed by atoms with van der Waals surface area (Å²) in [7, 11) is 0. The van der Waals surface area contributed by atoms with Gasteiger partial charge in [0.1, 0.15) is 6.04 Å². The van der Waals surface area contributed by atoms with Crippen LogP contribution in [0.3, 0.4) is 0 Å². The summed E-state index contributed by atoms with van der Waals surface area (Å²) < 4.78 is 5.83. The van der Waals surface area contributed by atoms with Crippen molar-refractivity contribution in [2.75, 3.05) is 18.5 Å². The predicted molar refractivity (Wildman–Crippen MR) is 134 cm³/mol. The highest BCUT2D eigenvalue weighted by Gasteiger charge is 2.24. The number of anilines is 1. The van der Waals surface area contributed by atoms with E-state index in [1.165, 1.54) is 12.1 Å². The summed E-state index contributed by atoms with van der Waals surface area (Å²) in [6, 6.07) is 7.74. The Balaban J connectivity index is 1.77. The Morgan fingerprint density at radius 1 is 1.13 bits per heavy atom. The maximum absolute atomic E-state index is 13.1. The third-order valence-electron chi connectivity index (χ3n) is 5.36. The normalized spacial score (nSPS) is 13.3. The third kappa shape index (κ3) is 7.19. The Bertz CT molecular complexity index is 1300. The fourth-order valence-corrected chi connectivity index (χ4v) is 3.70. The number of aliphatic imine (C=N–C) groups is 1. The molecule has 1 aliphatic heterocycles. The largest absolute Gasteiger partial charge is 0.491 e. The predicted octanol–water partition coefficient (Wildman–Crippen LogP) is -0.0573. The fourth-order valence-electron chi connectivity index (χ4n) is 3.70.